The van der Waals surface area contributed by atoms with Crippen LogP contribution in [0, 0.1) is 29.6 Å². The molecule has 7 unspecified atom stereocenters. The predicted octanol–water partition coefficient (Wildman–Crippen LogP) is 29.2. The Morgan fingerprint density at radius 2 is 0.594 bits per heavy atom. The molecule has 0 aromatic heterocycles. The number of rotatable bonds is 83. The quantitative estimate of drug-likeness (QED) is 0.0414. The number of Topliss-reactive ketones (excluding diaryl/α,β-unsaturated/α-hetero) is 1. The highest BCUT2D eigenvalue weighted by Crippen LogP contribution is 2.49. The normalized spacial score (nSPS) is 15.5. The number of hydrogen-bond donors (Lipinski definition) is 3. The highest BCUT2D eigenvalue weighted by molar-refractivity contribution is 5.80. The lowest BCUT2D eigenvalue weighted by atomic mass is 9.91. The number of carbonyl (C=O) groups excluding carboxylic acids is 2. The second-order valence-corrected chi connectivity index (χ2v) is 32.7. The molecule has 0 aliphatic heterocycles. The van der Waals surface area contributed by atoms with Gasteiger partial charge in [-0.15, -0.1) is 0 Å². The highest BCUT2D eigenvalue weighted by Gasteiger charge is 2.39. The maximum atomic E-state index is 13.0. The van der Waals surface area contributed by atoms with Gasteiger partial charge in [0.25, 0.3) is 0 Å². The van der Waals surface area contributed by atoms with Crippen LogP contribution in [0.25, 0.3) is 0 Å². The molecule has 96 heavy (non-hydrogen) atoms. The van der Waals surface area contributed by atoms with Crippen LogP contribution in [0.1, 0.15) is 509 Å². The van der Waals surface area contributed by atoms with Crippen LogP contribution in [-0.2, 0) is 14.3 Å². The zero-order valence-corrected chi connectivity index (χ0v) is 66.1. The van der Waals surface area contributed by atoms with E-state index in [1.165, 1.54) is 424 Å². The molecule has 0 aromatic rings. The number of unbranched alkanes of at least 4 members (excludes halogenated alkanes) is 64. The number of carbonyl (C=O) groups is 2. The first-order valence-electron chi connectivity index (χ1n) is 44.9. The van der Waals surface area contributed by atoms with Crippen LogP contribution in [0.3, 0.4) is 0 Å². The van der Waals surface area contributed by atoms with Gasteiger partial charge in [-0.3, -0.25) is 9.59 Å². The van der Waals surface area contributed by atoms with Crippen molar-refractivity contribution < 1.29 is 29.6 Å². The minimum absolute atomic E-state index is 0.213. The van der Waals surface area contributed by atoms with Crippen LogP contribution in [0.4, 0.5) is 0 Å². The van der Waals surface area contributed by atoms with Gasteiger partial charge < -0.3 is 20.1 Å². The Morgan fingerprint density at radius 3 is 0.906 bits per heavy atom. The summed E-state index contributed by atoms with van der Waals surface area (Å²) in [4.78, 5) is 25.7. The third-order valence-electron chi connectivity index (χ3n) is 23.2. The molecule has 0 amide bonds. The van der Waals surface area contributed by atoms with Crippen molar-refractivity contribution in [3.05, 3.63) is 0 Å². The minimum atomic E-state index is -1.07. The van der Waals surface area contributed by atoms with Gasteiger partial charge in [-0.1, -0.05) is 471 Å². The third-order valence-corrected chi connectivity index (χ3v) is 23.2. The zero-order chi connectivity index (χ0) is 69.4. The summed E-state index contributed by atoms with van der Waals surface area (Å²) in [5.41, 5.74) is 0. The lowest BCUT2D eigenvalue weighted by molar-refractivity contribution is -0.156. The third kappa shape index (κ3) is 65.1. The Hall–Kier alpha value is -0.980. The van der Waals surface area contributed by atoms with E-state index >= 15 is 0 Å². The summed E-state index contributed by atoms with van der Waals surface area (Å²) in [5.74, 6) is 2.87. The van der Waals surface area contributed by atoms with Gasteiger partial charge in [0, 0.05) is 12.3 Å². The van der Waals surface area contributed by atoms with E-state index in [-0.39, 0.29) is 12.5 Å². The summed E-state index contributed by atoms with van der Waals surface area (Å²) in [5, 5.41) is 30.1. The van der Waals surface area contributed by atoms with Crippen LogP contribution in [0.2, 0.25) is 0 Å². The van der Waals surface area contributed by atoms with Crippen molar-refractivity contribution >= 4 is 11.8 Å². The number of aliphatic hydroxyl groups is 3. The molecule has 1 fully saturated rings. The van der Waals surface area contributed by atoms with Gasteiger partial charge >= 0.3 is 5.97 Å². The first kappa shape index (κ1) is 93.0. The number of aliphatic hydroxyl groups excluding tert-OH is 3. The van der Waals surface area contributed by atoms with Crippen LogP contribution < -0.4 is 0 Å². The zero-order valence-electron chi connectivity index (χ0n) is 66.1. The average molecular weight is 1350 g/mol. The molecular weight excluding hydrogens is 1180 g/mol. The summed E-state index contributed by atoms with van der Waals surface area (Å²) >= 11 is 0. The molecule has 0 aromatic carbocycles. The van der Waals surface area contributed by atoms with Crippen molar-refractivity contribution in [3.63, 3.8) is 0 Å². The molecule has 6 heteroatoms. The van der Waals surface area contributed by atoms with E-state index in [2.05, 4.69) is 27.7 Å². The molecule has 3 N–H and O–H groups in total. The molecule has 0 saturated heterocycles. The second-order valence-electron chi connectivity index (χ2n) is 32.7. The largest absolute Gasteiger partial charge is 0.463 e. The number of hydrogen-bond acceptors (Lipinski definition) is 6. The molecule has 1 aliphatic carbocycles. The smallest absolute Gasteiger partial charge is 0.311 e. The van der Waals surface area contributed by atoms with Crippen molar-refractivity contribution in [2.45, 2.75) is 521 Å². The van der Waals surface area contributed by atoms with E-state index < -0.39 is 30.7 Å². The molecule has 1 rings (SSSR count). The molecular formula is C90H176O6. The molecule has 7 atom stereocenters. The van der Waals surface area contributed by atoms with Gasteiger partial charge in [0.15, 0.2) is 0 Å². The SMILES string of the molecule is CCCCCCCCCCCCCCCCCCCCCCCCC(C(=O)OCC(O)CO)C(O)CCCCCCCCCCCCCCCCC1CC1C(C)CCCCCCCCCCCCCCCCCCC(=O)C(C)CCCCCCCCCCCCCCCCCC. The van der Waals surface area contributed by atoms with Crippen molar-refractivity contribution in [1.29, 1.82) is 0 Å². The Labute approximate surface area is 602 Å². The Bertz CT molecular complexity index is 1530. The number of esters is 1. The highest BCUT2D eigenvalue weighted by atomic mass is 16.5. The first-order chi connectivity index (χ1) is 47.2. The van der Waals surface area contributed by atoms with Gasteiger partial charge in [0.05, 0.1) is 18.6 Å². The Balaban J connectivity index is 1.87. The van der Waals surface area contributed by atoms with Crippen LogP contribution in [0.15, 0.2) is 0 Å². The van der Waals surface area contributed by atoms with E-state index in [1.54, 1.807) is 0 Å². The van der Waals surface area contributed by atoms with Crippen LogP contribution in [0.5, 0.6) is 0 Å². The molecule has 0 spiro atoms. The van der Waals surface area contributed by atoms with E-state index in [1.807, 2.05) is 0 Å². The average Bonchev–Trinajstić information content (AvgIpc) is 1.73. The second kappa shape index (κ2) is 75.2. The lowest BCUT2D eigenvalue weighted by Gasteiger charge is -2.22. The summed E-state index contributed by atoms with van der Waals surface area (Å²) in [6, 6.07) is 0. The van der Waals surface area contributed by atoms with Gasteiger partial charge in [-0.2, -0.15) is 0 Å². The van der Waals surface area contributed by atoms with Gasteiger partial charge in [0.2, 0.25) is 0 Å². The van der Waals surface area contributed by atoms with E-state index in [0.29, 0.717) is 18.6 Å². The van der Waals surface area contributed by atoms with E-state index in [9.17, 15) is 24.9 Å². The first-order valence-corrected chi connectivity index (χ1v) is 44.9. The maximum absolute atomic E-state index is 13.0. The van der Waals surface area contributed by atoms with Crippen molar-refractivity contribution in [2.24, 2.45) is 29.6 Å². The molecule has 572 valence electrons. The Morgan fingerprint density at radius 1 is 0.333 bits per heavy atom. The monoisotopic (exact) mass is 1350 g/mol. The fourth-order valence-corrected chi connectivity index (χ4v) is 16.0. The maximum Gasteiger partial charge on any atom is 0.311 e. The standard InChI is InChI=1S/C90H176O6/c1-5-7-9-11-13-15-17-19-21-23-24-25-26-27-28-33-40-46-52-58-64-70-76-86(90(95)96-81-85(92)80-91)89(94)78-72-66-60-54-48-42-36-35-39-45-51-57-63-69-75-84-79-87(84)82(3)73-67-61-55-49-43-37-32-29-30-34-41-47-53-59-65-71-77-88(93)83(4)74-68-62-56-50-44-38-31-22-20-18-16-14-12-10-8-6-2/h82-87,89,91-92,94H,5-81H2,1-4H3. The van der Waals surface area contributed by atoms with Gasteiger partial charge in [0.1, 0.15) is 18.5 Å². The molecule has 0 bridgehead atoms. The number of ether oxygens (including phenoxy) is 1. The summed E-state index contributed by atoms with van der Waals surface area (Å²) in [6.45, 7) is 8.70. The van der Waals surface area contributed by atoms with Crippen molar-refractivity contribution in [3.8, 4) is 0 Å². The fourth-order valence-electron chi connectivity index (χ4n) is 16.0. The van der Waals surface area contributed by atoms with Crippen molar-refractivity contribution in [2.75, 3.05) is 13.2 Å². The van der Waals surface area contributed by atoms with Crippen molar-refractivity contribution in [1.82, 2.24) is 0 Å². The van der Waals surface area contributed by atoms with Gasteiger partial charge in [-0.05, 0) is 49.9 Å². The predicted molar refractivity (Wildman–Crippen MR) is 421 cm³/mol. The Kier molecular flexibility index (Phi) is 72.9. The molecule has 1 saturated carbocycles. The summed E-state index contributed by atoms with van der Waals surface area (Å²) in [7, 11) is 0. The summed E-state index contributed by atoms with van der Waals surface area (Å²) < 4.78 is 5.37. The molecule has 6 nitrogen and oxygen atoms in total. The fraction of sp³-hybridized carbons (Fsp3) is 0.978. The molecule has 1 aliphatic rings. The van der Waals surface area contributed by atoms with Crippen LogP contribution in [-0.4, -0.2) is 52.5 Å². The van der Waals surface area contributed by atoms with E-state index in [4.69, 9.17) is 4.74 Å². The summed E-state index contributed by atoms with van der Waals surface area (Å²) in [6.07, 6.45) is 98.9. The lowest BCUT2D eigenvalue weighted by Crippen LogP contribution is -2.32. The number of ketones is 1. The van der Waals surface area contributed by atoms with Crippen LogP contribution >= 0.6 is 0 Å². The minimum Gasteiger partial charge on any atom is -0.463 e. The van der Waals surface area contributed by atoms with E-state index in [0.717, 1.165) is 62.7 Å². The molecule has 0 heterocycles. The molecule has 0 radical (unpaired) electrons. The topological polar surface area (TPSA) is 104 Å². The van der Waals surface area contributed by atoms with Gasteiger partial charge in [-0.25, -0.2) is 0 Å².